The van der Waals surface area contributed by atoms with Crippen molar-refractivity contribution in [1.29, 1.82) is 0 Å². The Bertz CT molecular complexity index is 533. The van der Waals surface area contributed by atoms with E-state index >= 15 is 0 Å². The third kappa shape index (κ3) is 3.14. The quantitative estimate of drug-likeness (QED) is 0.783. The molecule has 0 radical (unpaired) electrons. The number of urea groups is 1. The first kappa shape index (κ1) is 16.1. The van der Waals surface area contributed by atoms with Crippen LogP contribution in [0.4, 0.5) is 4.79 Å². The molecule has 7 nitrogen and oxygen atoms in total. The topological polar surface area (TPSA) is 104 Å². The van der Waals surface area contributed by atoms with Crippen molar-refractivity contribution in [2.75, 3.05) is 25.4 Å². The molecule has 2 unspecified atom stereocenters. The normalized spacial score (nSPS) is 31.3. The van der Waals surface area contributed by atoms with Gasteiger partial charge in [0.2, 0.25) is 0 Å². The molecule has 0 aromatic rings. The number of carbonyl (C=O) groups excluding carboxylic acids is 1. The van der Waals surface area contributed by atoms with E-state index < -0.39 is 26.5 Å². The zero-order chi connectivity index (χ0) is 15.7. The molecule has 2 aliphatic heterocycles. The van der Waals surface area contributed by atoms with Crippen LogP contribution in [-0.2, 0) is 14.6 Å². The lowest BCUT2D eigenvalue weighted by Gasteiger charge is -2.23. The van der Waals surface area contributed by atoms with Crippen molar-refractivity contribution in [3.05, 3.63) is 0 Å². The fourth-order valence-electron chi connectivity index (χ4n) is 3.06. The highest BCUT2D eigenvalue weighted by molar-refractivity contribution is 7.92. The molecule has 0 bridgehead atoms. The Morgan fingerprint density at radius 1 is 1.43 bits per heavy atom. The summed E-state index contributed by atoms with van der Waals surface area (Å²) in [6.45, 7) is 2.50. The molecule has 2 fully saturated rings. The van der Waals surface area contributed by atoms with E-state index in [0.717, 1.165) is 0 Å². The number of carbonyl (C=O) groups is 2. The van der Waals surface area contributed by atoms with E-state index in [9.17, 15) is 23.1 Å². The summed E-state index contributed by atoms with van der Waals surface area (Å²) >= 11 is 0. The Kier molecular flexibility index (Phi) is 4.46. The summed E-state index contributed by atoms with van der Waals surface area (Å²) in [7, 11) is -3.07. The molecule has 0 aliphatic carbocycles. The number of hydrogen-bond donors (Lipinski definition) is 2. The number of sulfone groups is 1. The zero-order valence-electron chi connectivity index (χ0n) is 12.2. The van der Waals surface area contributed by atoms with Crippen LogP contribution in [0.5, 0.6) is 0 Å². The molecule has 8 heteroatoms. The highest BCUT2D eigenvalue weighted by Crippen LogP contribution is 2.34. The zero-order valence-corrected chi connectivity index (χ0v) is 13.0. The van der Waals surface area contributed by atoms with Gasteiger partial charge in [-0.1, -0.05) is 6.92 Å². The first-order valence-corrected chi connectivity index (χ1v) is 9.00. The molecule has 2 amide bonds. The van der Waals surface area contributed by atoms with Crippen molar-refractivity contribution in [3.63, 3.8) is 0 Å². The third-order valence-electron chi connectivity index (χ3n) is 4.72. The maximum atomic E-state index is 12.1. The maximum absolute atomic E-state index is 12.1. The van der Waals surface area contributed by atoms with Crippen LogP contribution in [-0.4, -0.2) is 61.1 Å². The van der Waals surface area contributed by atoms with Crippen molar-refractivity contribution in [2.45, 2.75) is 37.9 Å². The van der Waals surface area contributed by atoms with E-state index in [2.05, 4.69) is 5.32 Å². The minimum Gasteiger partial charge on any atom is -0.481 e. The lowest BCUT2D eigenvalue weighted by Crippen LogP contribution is -2.44. The Balaban J connectivity index is 1.89. The van der Waals surface area contributed by atoms with E-state index in [4.69, 9.17) is 0 Å². The first-order chi connectivity index (χ1) is 9.81. The number of likely N-dealkylation sites (tertiary alicyclic amines) is 1. The monoisotopic (exact) mass is 318 g/mol. The van der Waals surface area contributed by atoms with Crippen LogP contribution in [0.1, 0.15) is 32.6 Å². The molecule has 0 saturated carbocycles. The van der Waals surface area contributed by atoms with E-state index in [0.29, 0.717) is 32.2 Å². The van der Waals surface area contributed by atoms with Crippen LogP contribution in [0.15, 0.2) is 0 Å². The number of hydrogen-bond acceptors (Lipinski definition) is 4. The van der Waals surface area contributed by atoms with Gasteiger partial charge in [0.15, 0.2) is 9.84 Å². The maximum Gasteiger partial charge on any atom is 0.317 e. The summed E-state index contributed by atoms with van der Waals surface area (Å²) in [5.74, 6) is -0.687. The van der Waals surface area contributed by atoms with Crippen LogP contribution < -0.4 is 5.32 Å². The number of rotatable bonds is 4. The van der Waals surface area contributed by atoms with Crippen LogP contribution in [0.2, 0.25) is 0 Å². The van der Waals surface area contributed by atoms with Crippen molar-refractivity contribution < 1.29 is 23.1 Å². The predicted molar refractivity (Wildman–Crippen MR) is 76.8 cm³/mol. The summed E-state index contributed by atoms with van der Waals surface area (Å²) < 4.78 is 23.4. The van der Waals surface area contributed by atoms with Gasteiger partial charge in [-0.25, -0.2) is 13.2 Å². The van der Waals surface area contributed by atoms with Gasteiger partial charge in [-0.05, 0) is 25.7 Å². The number of amides is 2. The molecule has 0 spiro atoms. The average molecular weight is 318 g/mol. The molecule has 2 saturated heterocycles. The number of carboxylic acids is 1. The van der Waals surface area contributed by atoms with Crippen molar-refractivity contribution in [1.82, 2.24) is 10.2 Å². The van der Waals surface area contributed by atoms with Crippen LogP contribution in [0, 0.1) is 5.41 Å². The van der Waals surface area contributed by atoms with Gasteiger partial charge in [-0.3, -0.25) is 4.79 Å². The van der Waals surface area contributed by atoms with Crippen molar-refractivity contribution in [2.24, 2.45) is 5.41 Å². The SMILES string of the molecule is CCC1(C(=O)O)CCN(C(=O)NCC2CCCS2(=O)=O)C1. The Hall–Kier alpha value is -1.31. The number of carboxylic acid groups (broad SMARTS) is 1. The third-order valence-corrected chi connectivity index (χ3v) is 6.99. The van der Waals surface area contributed by atoms with Crippen molar-refractivity contribution in [3.8, 4) is 0 Å². The number of nitrogens with one attached hydrogen (secondary N) is 1. The molecule has 2 N–H and O–H groups in total. The van der Waals surface area contributed by atoms with Gasteiger partial charge in [0, 0.05) is 19.6 Å². The molecular weight excluding hydrogens is 296 g/mol. The summed E-state index contributed by atoms with van der Waals surface area (Å²) in [6, 6.07) is -0.367. The van der Waals surface area contributed by atoms with E-state index in [-0.39, 0.29) is 24.9 Å². The minimum atomic E-state index is -3.07. The number of aliphatic carboxylic acids is 1. The van der Waals surface area contributed by atoms with Gasteiger partial charge in [0.1, 0.15) is 0 Å². The second kappa shape index (κ2) is 5.82. The second-order valence-electron chi connectivity index (χ2n) is 5.93. The summed E-state index contributed by atoms with van der Waals surface area (Å²) in [4.78, 5) is 24.9. The number of nitrogens with zero attached hydrogens (tertiary/aromatic N) is 1. The summed E-state index contributed by atoms with van der Waals surface area (Å²) in [6.07, 6.45) is 2.14. The molecule has 0 aromatic carbocycles. The van der Waals surface area contributed by atoms with E-state index in [1.165, 1.54) is 4.90 Å². The Labute approximate surface area is 124 Å². The molecule has 0 aromatic heterocycles. The van der Waals surface area contributed by atoms with Crippen LogP contribution in [0.3, 0.4) is 0 Å². The predicted octanol–water partition coefficient (Wildman–Crippen LogP) is 0.460. The van der Waals surface area contributed by atoms with Crippen LogP contribution >= 0.6 is 0 Å². The molecule has 2 heterocycles. The summed E-state index contributed by atoms with van der Waals surface area (Å²) in [5, 5.41) is 11.4. The van der Waals surface area contributed by atoms with Gasteiger partial charge < -0.3 is 15.3 Å². The highest BCUT2D eigenvalue weighted by atomic mass is 32.2. The molecule has 2 aliphatic rings. The fraction of sp³-hybridized carbons (Fsp3) is 0.846. The fourth-order valence-corrected chi connectivity index (χ4v) is 4.83. The van der Waals surface area contributed by atoms with Gasteiger partial charge in [-0.2, -0.15) is 0 Å². The van der Waals surface area contributed by atoms with E-state index in [1.807, 2.05) is 0 Å². The molecule has 21 heavy (non-hydrogen) atoms. The van der Waals surface area contributed by atoms with Crippen LogP contribution in [0.25, 0.3) is 0 Å². The molecule has 2 atom stereocenters. The van der Waals surface area contributed by atoms with E-state index in [1.54, 1.807) is 6.92 Å². The first-order valence-electron chi connectivity index (χ1n) is 7.28. The highest BCUT2D eigenvalue weighted by Gasteiger charge is 2.45. The molecule has 120 valence electrons. The Morgan fingerprint density at radius 2 is 2.14 bits per heavy atom. The lowest BCUT2D eigenvalue weighted by atomic mass is 9.84. The van der Waals surface area contributed by atoms with Gasteiger partial charge >= 0.3 is 12.0 Å². The molecule has 2 rings (SSSR count). The lowest BCUT2D eigenvalue weighted by molar-refractivity contribution is -0.148. The Morgan fingerprint density at radius 3 is 2.62 bits per heavy atom. The van der Waals surface area contributed by atoms with Crippen molar-refractivity contribution >= 4 is 21.8 Å². The second-order valence-corrected chi connectivity index (χ2v) is 8.33. The largest absolute Gasteiger partial charge is 0.481 e. The van der Waals surface area contributed by atoms with Gasteiger partial charge in [-0.15, -0.1) is 0 Å². The minimum absolute atomic E-state index is 0.115. The van der Waals surface area contributed by atoms with Gasteiger partial charge in [0.25, 0.3) is 0 Å². The standard InChI is InChI=1S/C13H22N2O5S/c1-2-13(11(16)17)5-6-15(9-13)12(18)14-8-10-4-3-7-21(10,19)20/h10H,2-9H2,1H3,(H,14,18)(H,16,17). The average Bonchev–Trinajstić information content (AvgIpc) is 3.00. The van der Waals surface area contributed by atoms with Gasteiger partial charge in [0.05, 0.1) is 16.4 Å². The smallest absolute Gasteiger partial charge is 0.317 e. The molecular formula is C13H22N2O5S. The summed E-state index contributed by atoms with van der Waals surface area (Å²) in [5.41, 5.74) is -0.864.